The van der Waals surface area contributed by atoms with Crippen LogP contribution in [0.3, 0.4) is 0 Å². The van der Waals surface area contributed by atoms with Crippen LogP contribution in [0, 0.1) is 0 Å². The van der Waals surface area contributed by atoms with Gasteiger partial charge in [-0.05, 0) is 41.8 Å². The van der Waals surface area contributed by atoms with Crippen LogP contribution < -0.4 is 4.74 Å². The topological polar surface area (TPSA) is 24.8 Å². The second-order valence-corrected chi connectivity index (χ2v) is 8.79. The van der Waals surface area contributed by atoms with Crippen molar-refractivity contribution in [1.29, 1.82) is 0 Å². The number of benzene rings is 4. The molecule has 4 aromatic rings. The quantitative estimate of drug-likeness (QED) is 0.354. The molecule has 0 N–H and O–H groups in total. The van der Waals surface area contributed by atoms with Gasteiger partial charge in [-0.2, -0.15) is 0 Å². The number of hydrogen-bond donors (Lipinski definition) is 0. The number of nitrogens with zero attached hydrogens (tertiary/aromatic N) is 2. The maximum Gasteiger partial charge on any atom is 0.124 e. The summed E-state index contributed by atoms with van der Waals surface area (Å²) < 4.78 is 5.46. The van der Waals surface area contributed by atoms with Gasteiger partial charge < -0.3 is 9.64 Å². The Balaban J connectivity index is 1.66. The Hall–Kier alpha value is -3.85. The smallest absolute Gasteiger partial charge is 0.124 e. The van der Waals surface area contributed by atoms with E-state index in [-0.39, 0.29) is 17.5 Å². The predicted molar refractivity (Wildman–Crippen MR) is 133 cm³/mol. The SMILES string of the molecule is COc1ccc([C@H]2N3C(=Nc4ccccc4[C@H]3C)C2(c2ccccc2)c2ccccc2)cc1. The van der Waals surface area contributed by atoms with E-state index in [0.29, 0.717) is 0 Å². The fourth-order valence-electron chi connectivity index (χ4n) is 5.69. The summed E-state index contributed by atoms with van der Waals surface area (Å²) in [7, 11) is 1.71. The van der Waals surface area contributed by atoms with Crippen LogP contribution in [-0.4, -0.2) is 17.8 Å². The highest BCUT2D eigenvalue weighted by Gasteiger charge is 2.63. The molecule has 2 aliphatic rings. The fraction of sp³-hybridized carbons (Fsp3) is 0.167. The molecule has 6 rings (SSSR count). The van der Waals surface area contributed by atoms with Crippen molar-refractivity contribution in [3.05, 3.63) is 131 Å². The number of fused-ring (bicyclic) bond motifs is 2. The third-order valence-corrected chi connectivity index (χ3v) is 7.21. The van der Waals surface area contributed by atoms with Crippen LogP contribution in [0.2, 0.25) is 0 Å². The van der Waals surface area contributed by atoms with Crippen molar-refractivity contribution < 1.29 is 4.74 Å². The number of aliphatic imine (C=N–C) groups is 1. The fourth-order valence-corrected chi connectivity index (χ4v) is 5.69. The van der Waals surface area contributed by atoms with E-state index in [4.69, 9.17) is 9.73 Å². The number of ether oxygens (including phenoxy) is 1. The largest absolute Gasteiger partial charge is 0.497 e. The first kappa shape index (κ1) is 19.8. The first-order valence-corrected chi connectivity index (χ1v) is 11.5. The van der Waals surface area contributed by atoms with E-state index in [2.05, 4.69) is 121 Å². The maximum absolute atomic E-state index is 5.46. The summed E-state index contributed by atoms with van der Waals surface area (Å²) in [6, 6.07) is 39.1. The molecular formula is C30H26N2O. The van der Waals surface area contributed by atoms with Crippen molar-refractivity contribution in [2.45, 2.75) is 24.4 Å². The number of methoxy groups -OCH3 is 1. The van der Waals surface area contributed by atoms with E-state index < -0.39 is 0 Å². The Morgan fingerprint density at radius 2 is 1.30 bits per heavy atom. The highest BCUT2D eigenvalue weighted by Crippen LogP contribution is 2.61. The van der Waals surface area contributed by atoms with Gasteiger partial charge in [0.1, 0.15) is 17.0 Å². The van der Waals surface area contributed by atoms with Crippen molar-refractivity contribution in [3.63, 3.8) is 0 Å². The molecule has 1 fully saturated rings. The Bertz CT molecular complexity index is 1270. The summed E-state index contributed by atoms with van der Waals surface area (Å²) >= 11 is 0. The van der Waals surface area contributed by atoms with E-state index >= 15 is 0 Å². The van der Waals surface area contributed by atoms with Gasteiger partial charge in [0.25, 0.3) is 0 Å². The summed E-state index contributed by atoms with van der Waals surface area (Å²) in [6.07, 6.45) is 0. The average molecular weight is 431 g/mol. The molecule has 0 bridgehead atoms. The Morgan fingerprint density at radius 1 is 0.727 bits per heavy atom. The van der Waals surface area contributed by atoms with Crippen LogP contribution >= 0.6 is 0 Å². The lowest BCUT2D eigenvalue weighted by atomic mass is 9.58. The highest BCUT2D eigenvalue weighted by atomic mass is 16.5. The third kappa shape index (κ3) is 2.78. The van der Waals surface area contributed by atoms with Crippen molar-refractivity contribution in [3.8, 4) is 5.75 Å². The lowest BCUT2D eigenvalue weighted by molar-refractivity contribution is 0.122. The maximum atomic E-state index is 5.46. The van der Waals surface area contributed by atoms with Gasteiger partial charge in [0.2, 0.25) is 0 Å². The molecule has 2 heterocycles. The zero-order chi connectivity index (χ0) is 22.4. The molecule has 162 valence electrons. The van der Waals surface area contributed by atoms with Gasteiger partial charge in [-0.15, -0.1) is 0 Å². The van der Waals surface area contributed by atoms with Crippen molar-refractivity contribution in [2.24, 2.45) is 4.99 Å². The second-order valence-electron chi connectivity index (χ2n) is 8.79. The van der Waals surface area contributed by atoms with Gasteiger partial charge in [0.05, 0.1) is 24.9 Å². The Kier molecular flexibility index (Phi) is 4.58. The number of amidine groups is 1. The van der Waals surface area contributed by atoms with E-state index in [1.54, 1.807) is 7.11 Å². The predicted octanol–water partition coefficient (Wildman–Crippen LogP) is 6.84. The number of hydrogen-bond acceptors (Lipinski definition) is 3. The zero-order valence-corrected chi connectivity index (χ0v) is 18.8. The van der Waals surface area contributed by atoms with Crippen molar-refractivity contribution >= 4 is 11.5 Å². The van der Waals surface area contributed by atoms with Gasteiger partial charge in [0, 0.05) is 5.56 Å². The molecule has 0 unspecified atom stereocenters. The van der Waals surface area contributed by atoms with Gasteiger partial charge in [0.15, 0.2) is 0 Å². The van der Waals surface area contributed by atoms with Gasteiger partial charge in [-0.25, -0.2) is 4.99 Å². The van der Waals surface area contributed by atoms with E-state index in [1.165, 1.54) is 22.3 Å². The molecule has 1 saturated heterocycles. The zero-order valence-electron chi connectivity index (χ0n) is 18.8. The molecule has 0 saturated carbocycles. The summed E-state index contributed by atoms with van der Waals surface area (Å²) in [4.78, 5) is 7.80. The van der Waals surface area contributed by atoms with Crippen molar-refractivity contribution in [2.75, 3.05) is 7.11 Å². The van der Waals surface area contributed by atoms with Crippen LogP contribution in [0.15, 0.2) is 114 Å². The second kappa shape index (κ2) is 7.63. The molecule has 4 aromatic carbocycles. The average Bonchev–Trinajstić information content (AvgIpc) is 2.88. The minimum atomic E-state index is -0.376. The van der Waals surface area contributed by atoms with E-state index in [9.17, 15) is 0 Å². The normalized spacial score (nSPS) is 20.2. The minimum absolute atomic E-state index is 0.107. The molecule has 0 spiro atoms. The summed E-state index contributed by atoms with van der Waals surface area (Å²) in [5.74, 6) is 1.99. The van der Waals surface area contributed by atoms with Crippen LogP contribution in [0.4, 0.5) is 5.69 Å². The van der Waals surface area contributed by atoms with Crippen LogP contribution in [-0.2, 0) is 5.41 Å². The Morgan fingerprint density at radius 3 is 1.91 bits per heavy atom. The summed E-state index contributed by atoms with van der Waals surface area (Å²) in [5.41, 5.74) is 5.75. The molecule has 0 aromatic heterocycles. The van der Waals surface area contributed by atoms with E-state index in [1.807, 2.05) is 0 Å². The molecule has 0 amide bonds. The molecular weight excluding hydrogens is 404 g/mol. The lowest BCUT2D eigenvalue weighted by Crippen LogP contribution is -2.67. The van der Waals surface area contributed by atoms with E-state index in [0.717, 1.165) is 17.3 Å². The molecule has 0 radical (unpaired) electrons. The molecule has 2 aliphatic heterocycles. The molecule has 3 heteroatoms. The molecule has 33 heavy (non-hydrogen) atoms. The molecule has 3 nitrogen and oxygen atoms in total. The first-order valence-electron chi connectivity index (χ1n) is 11.5. The van der Waals surface area contributed by atoms with Crippen LogP contribution in [0.25, 0.3) is 0 Å². The monoisotopic (exact) mass is 430 g/mol. The van der Waals surface area contributed by atoms with Gasteiger partial charge in [-0.1, -0.05) is 91.0 Å². The van der Waals surface area contributed by atoms with Gasteiger partial charge >= 0.3 is 0 Å². The van der Waals surface area contributed by atoms with Crippen LogP contribution in [0.1, 0.15) is 41.3 Å². The number of para-hydroxylation sites is 1. The number of rotatable bonds is 4. The molecule has 0 aliphatic carbocycles. The highest BCUT2D eigenvalue weighted by molar-refractivity contribution is 6.06. The summed E-state index contributed by atoms with van der Waals surface area (Å²) in [5, 5.41) is 0. The standard InChI is InChI=1S/C30H26N2O/c1-21-26-15-9-10-16-27(26)31-29-30(23-11-5-3-6-12-23,24-13-7-4-8-14-24)28(32(21)29)22-17-19-25(33-2)20-18-22/h3-21,28H,1-2H3/t21-,28-/m1/s1. The van der Waals surface area contributed by atoms with Crippen molar-refractivity contribution in [1.82, 2.24) is 4.90 Å². The minimum Gasteiger partial charge on any atom is -0.497 e. The first-order chi connectivity index (χ1) is 16.2. The summed E-state index contributed by atoms with van der Waals surface area (Å²) in [6.45, 7) is 2.30. The van der Waals surface area contributed by atoms with Gasteiger partial charge in [-0.3, -0.25) is 0 Å². The Labute approximate surface area is 195 Å². The lowest BCUT2D eigenvalue weighted by Gasteiger charge is -2.63. The molecule has 2 atom stereocenters. The third-order valence-electron chi connectivity index (χ3n) is 7.21. The van der Waals surface area contributed by atoms with Crippen LogP contribution in [0.5, 0.6) is 5.75 Å².